The molecular weight excluding hydrogens is 200 g/mol. The molecule has 0 atom stereocenters. The Balaban J connectivity index is 2.09. The topological polar surface area (TPSA) is 18.5 Å². The highest BCUT2D eigenvalue weighted by Crippen LogP contribution is 2.29. The minimum absolute atomic E-state index is 0.718. The van der Waals surface area contributed by atoms with Crippen molar-refractivity contribution in [3.05, 3.63) is 48.3 Å². The van der Waals surface area contributed by atoms with Gasteiger partial charge in [0.15, 0.2) is 11.5 Å². The molecule has 0 aromatic heterocycles. The van der Waals surface area contributed by atoms with E-state index in [1.165, 1.54) is 0 Å². The number of ether oxygens (including phenoxy) is 2. The highest BCUT2D eigenvalue weighted by molar-refractivity contribution is 5.41. The Morgan fingerprint density at radius 3 is 2.69 bits per heavy atom. The van der Waals surface area contributed by atoms with E-state index >= 15 is 0 Å². The van der Waals surface area contributed by atoms with Crippen LogP contribution < -0.4 is 9.47 Å². The maximum absolute atomic E-state index is 5.75. The first-order valence-corrected chi connectivity index (χ1v) is 5.66. The van der Waals surface area contributed by atoms with Gasteiger partial charge in [0.25, 0.3) is 0 Å². The molecule has 0 bridgehead atoms. The van der Waals surface area contributed by atoms with Crippen LogP contribution in [-0.2, 0) is 0 Å². The lowest BCUT2D eigenvalue weighted by Gasteiger charge is -2.11. The van der Waals surface area contributed by atoms with Gasteiger partial charge in [0.2, 0.25) is 0 Å². The predicted molar refractivity (Wildman–Crippen MR) is 64.7 cm³/mol. The molecule has 0 saturated carbocycles. The van der Waals surface area contributed by atoms with Gasteiger partial charge < -0.3 is 9.47 Å². The fraction of sp³-hybridized carbons (Fsp3) is 0.286. The Hall–Kier alpha value is -1.70. The highest BCUT2D eigenvalue weighted by atomic mass is 16.5. The first-order valence-electron chi connectivity index (χ1n) is 5.66. The molecule has 1 aliphatic carbocycles. The van der Waals surface area contributed by atoms with E-state index < -0.39 is 0 Å². The van der Waals surface area contributed by atoms with Crippen molar-refractivity contribution in [3.63, 3.8) is 0 Å². The van der Waals surface area contributed by atoms with E-state index in [9.17, 15) is 0 Å². The molecule has 16 heavy (non-hydrogen) atoms. The number of hydrogen-bond acceptors (Lipinski definition) is 2. The van der Waals surface area contributed by atoms with Crippen LogP contribution in [0.2, 0.25) is 0 Å². The molecule has 0 N–H and O–H groups in total. The van der Waals surface area contributed by atoms with Gasteiger partial charge in [0.1, 0.15) is 5.76 Å². The molecule has 0 aliphatic heterocycles. The lowest BCUT2D eigenvalue weighted by Crippen LogP contribution is -1.98. The first-order chi connectivity index (χ1) is 7.90. The van der Waals surface area contributed by atoms with E-state index in [2.05, 4.69) is 19.1 Å². The third kappa shape index (κ3) is 2.66. The maximum Gasteiger partial charge on any atom is 0.169 e. The molecule has 0 radical (unpaired) electrons. The molecule has 1 aromatic carbocycles. The first kappa shape index (κ1) is 10.8. The Morgan fingerprint density at radius 2 is 2.00 bits per heavy atom. The summed E-state index contributed by atoms with van der Waals surface area (Å²) >= 11 is 0. The summed E-state index contributed by atoms with van der Waals surface area (Å²) in [6.45, 7) is 2.81. The van der Waals surface area contributed by atoms with Crippen LogP contribution >= 0.6 is 0 Å². The van der Waals surface area contributed by atoms with Crippen LogP contribution in [0.1, 0.15) is 19.8 Å². The van der Waals surface area contributed by atoms with Crippen molar-refractivity contribution >= 4 is 0 Å². The molecule has 0 saturated heterocycles. The SMILES string of the molecule is CCCOc1ccccc1OC1=CCC=C1. The van der Waals surface area contributed by atoms with Gasteiger partial charge in [-0.2, -0.15) is 0 Å². The average molecular weight is 216 g/mol. The van der Waals surface area contributed by atoms with E-state index in [1.807, 2.05) is 30.3 Å². The van der Waals surface area contributed by atoms with Crippen LogP contribution in [0.3, 0.4) is 0 Å². The fourth-order valence-corrected chi connectivity index (χ4v) is 1.50. The van der Waals surface area contributed by atoms with Crippen LogP contribution in [0, 0.1) is 0 Å². The third-order valence-corrected chi connectivity index (χ3v) is 2.28. The molecule has 0 spiro atoms. The van der Waals surface area contributed by atoms with Crippen molar-refractivity contribution in [2.75, 3.05) is 6.61 Å². The second-order valence-electron chi connectivity index (χ2n) is 3.64. The van der Waals surface area contributed by atoms with E-state index in [-0.39, 0.29) is 0 Å². The van der Waals surface area contributed by atoms with Gasteiger partial charge >= 0.3 is 0 Å². The molecule has 0 amide bonds. The number of rotatable bonds is 5. The van der Waals surface area contributed by atoms with Crippen LogP contribution in [-0.4, -0.2) is 6.61 Å². The van der Waals surface area contributed by atoms with Crippen LogP contribution in [0.15, 0.2) is 48.3 Å². The second-order valence-corrected chi connectivity index (χ2v) is 3.64. The predicted octanol–water partition coefficient (Wildman–Crippen LogP) is 3.70. The van der Waals surface area contributed by atoms with E-state index in [0.717, 1.165) is 36.7 Å². The quantitative estimate of drug-likeness (QED) is 0.747. The minimum atomic E-state index is 0.718. The maximum atomic E-state index is 5.75. The Labute approximate surface area is 96.2 Å². The number of allylic oxidation sites excluding steroid dienone is 3. The van der Waals surface area contributed by atoms with Crippen molar-refractivity contribution in [1.29, 1.82) is 0 Å². The number of hydrogen-bond donors (Lipinski definition) is 0. The monoisotopic (exact) mass is 216 g/mol. The average Bonchev–Trinajstić information content (AvgIpc) is 2.81. The molecule has 1 aromatic rings. The van der Waals surface area contributed by atoms with Gasteiger partial charge in [-0.1, -0.05) is 25.1 Å². The number of para-hydroxylation sites is 2. The van der Waals surface area contributed by atoms with E-state index in [4.69, 9.17) is 9.47 Å². The zero-order valence-electron chi connectivity index (χ0n) is 9.48. The molecule has 2 nitrogen and oxygen atoms in total. The third-order valence-electron chi connectivity index (χ3n) is 2.28. The zero-order chi connectivity index (χ0) is 11.2. The van der Waals surface area contributed by atoms with Crippen LogP contribution in [0.4, 0.5) is 0 Å². The molecule has 84 valence electrons. The molecule has 2 rings (SSSR count). The standard InChI is InChI=1S/C14H16O2/c1-2-11-15-13-9-5-6-10-14(13)16-12-7-3-4-8-12/h3,5-10H,2,4,11H2,1H3. The lowest BCUT2D eigenvalue weighted by molar-refractivity contribution is 0.298. The summed E-state index contributed by atoms with van der Waals surface area (Å²) in [6, 6.07) is 7.77. The molecule has 1 aliphatic rings. The zero-order valence-corrected chi connectivity index (χ0v) is 9.48. The normalized spacial score (nSPS) is 13.7. The summed E-state index contributed by atoms with van der Waals surface area (Å²) in [5, 5.41) is 0. The minimum Gasteiger partial charge on any atom is -0.490 e. The van der Waals surface area contributed by atoms with Crippen molar-refractivity contribution < 1.29 is 9.47 Å². The Kier molecular flexibility index (Phi) is 3.65. The van der Waals surface area contributed by atoms with Crippen molar-refractivity contribution in [2.45, 2.75) is 19.8 Å². The Bertz CT molecular complexity index is 405. The summed E-state index contributed by atoms with van der Waals surface area (Å²) in [4.78, 5) is 0. The number of benzene rings is 1. The van der Waals surface area contributed by atoms with Gasteiger partial charge in [0.05, 0.1) is 6.61 Å². The fourth-order valence-electron chi connectivity index (χ4n) is 1.50. The van der Waals surface area contributed by atoms with Gasteiger partial charge in [-0.15, -0.1) is 0 Å². The lowest BCUT2D eigenvalue weighted by atomic mass is 10.3. The van der Waals surface area contributed by atoms with Crippen LogP contribution in [0.5, 0.6) is 11.5 Å². The summed E-state index contributed by atoms with van der Waals surface area (Å²) in [6.07, 6.45) is 8.06. The Morgan fingerprint density at radius 1 is 1.19 bits per heavy atom. The van der Waals surface area contributed by atoms with Gasteiger partial charge in [0, 0.05) is 0 Å². The molecule has 0 heterocycles. The summed E-state index contributed by atoms with van der Waals surface area (Å²) in [5.41, 5.74) is 0. The molecular formula is C14H16O2. The summed E-state index contributed by atoms with van der Waals surface area (Å²) in [5.74, 6) is 2.49. The van der Waals surface area contributed by atoms with Crippen molar-refractivity contribution in [2.24, 2.45) is 0 Å². The van der Waals surface area contributed by atoms with E-state index in [0.29, 0.717) is 0 Å². The van der Waals surface area contributed by atoms with Gasteiger partial charge in [-0.25, -0.2) is 0 Å². The molecule has 2 heteroatoms. The summed E-state index contributed by atoms with van der Waals surface area (Å²) in [7, 11) is 0. The summed E-state index contributed by atoms with van der Waals surface area (Å²) < 4.78 is 11.4. The van der Waals surface area contributed by atoms with Gasteiger partial charge in [-0.05, 0) is 37.1 Å². The largest absolute Gasteiger partial charge is 0.490 e. The van der Waals surface area contributed by atoms with Gasteiger partial charge in [-0.3, -0.25) is 0 Å². The highest BCUT2D eigenvalue weighted by Gasteiger charge is 2.06. The van der Waals surface area contributed by atoms with E-state index in [1.54, 1.807) is 0 Å². The second kappa shape index (κ2) is 5.40. The molecule has 0 fully saturated rings. The van der Waals surface area contributed by atoms with Crippen LogP contribution in [0.25, 0.3) is 0 Å². The molecule has 0 unspecified atom stereocenters. The van der Waals surface area contributed by atoms with Crippen molar-refractivity contribution in [3.8, 4) is 11.5 Å². The smallest absolute Gasteiger partial charge is 0.169 e. The van der Waals surface area contributed by atoms with Crippen molar-refractivity contribution in [1.82, 2.24) is 0 Å².